The van der Waals surface area contributed by atoms with Crippen LogP contribution in [0.1, 0.15) is 17.5 Å². The van der Waals surface area contributed by atoms with Gasteiger partial charge in [0, 0.05) is 25.6 Å². The Labute approximate surface area is 117 Å². The molecule has 1 aromatic carbocycles. The van der Waals surface area contributed by atoms with Crippen LogP contribution in [-0.2, 0) is 6.42 Å². The van der Waals surface area contributed by atoms with Gasteiger partial charge in [-0.05, 0) is 11.5 Å². The number of nitrogens with two attached hydrogens (primary N) is 1. The summed E-state index contributed by atoms with van der Waals surface area (Å²) in [5.74, 6) is 0.529. The van der Waals surface area contributed by atoms with Crippen LogP contribution in [0, 0.1) is 5.92 Å². The van der Waals surface area contributed by atoms with Gasteiger partial charge in [0.25, 0.3) is 0 Å². The van der Waals surface area contributed by atoms with E-state index in [0.29, 0.717) is 5.92 Å². The van der Waals surface area contributed by atoms with Crippen molar-refractivity contribution in [2.45, 2.75) is 19.4 Å². The third kappa shape index (κ3) is 2.77. The van der Waals surface area contributed by atoms with Crippen molar-refractivity contribution in [1.29, 1.82) is 0 Å². The number of nitrogens with zero attached hydrogens (tertiary/aromatic N) is 3. The first-order chi connectivity index (χ1) is 9.22. The normalized spacial score (nSPS) is 22.9. The Balaban J connectivity index is 1.70. The first-order valence-electron chi connectivity index (χ1n) is 6.59. The van der Waals surface area contributed by atoms with Crippen molar-refractivity contribution in [2.24, 2.45) is 11.7 Å². The highest BCUT2D eigenvalue weighted by Crippen LogP contribution is 2.27. The van der Waals surface area contributed by atoms with Gasteiger partial charge in [0.1, 0.15) is 5.01 Å². The summed E-state index contributed by atoms with van der Waals surface area (Å²) < 4.78 is 0. The predicted molar refractivity (Wildman–Crippen MR) is 78.5 cm³/mol. The minimum absolute atomic E-state index is 0.251. The maximum Gasteiger partial charge on any atom is 0.208 e. The lowest BCUT2D eigenvalue weighted by atomic mass is 10.1. The van der Waals surface area contributed by atoms with E-state index in [0.717, 1.165) is 29.6 Å². The van der Waals surface area contributed by atoms with Crippen molar-refractivity contribution in [1.82, 2.24) is 10.2 Å². The first-order valence-corrected chi connectivity index (χ1v) is 7.41. The molecule has 2 unspecified atom stereocenters. The molecule has 2 N–H and O–H groups in total. The number of aromatic nitrogens is 2. The average molecular weight is 274 g/mol. The molecule has 100 valence electrons. The Morgan fingerprint density at radius 1 is 1.26 bits per heavy atom. The van der Waals surface area contributed by atoms with E-state index in [9.17, 15) is 0 Å². The zero-order valence-corrected chi connectivity index (χ0v) is 11.8. The second-order valence-electron chi connectivity index (χ2n) is 5.19. The van der Waals surface area contributed by atoms with E-state index in [1.807, 2.05) is 6.07 Å². The monoisotopic (exact) mass is 274 g/mol. The van der Waals surface area contributed by atoms with E-state index in [2.05, 4.69) is 46.3 Å². The summed E-state index contributed by atoms with van der Waals surface area (Å²) in [5, 5.41) is 10.7. The molecule has 0 aliphatic carbocycles. The van der Waals surface area contributed by atoms with Gasteiger partial charge in [-0.1, -0.05) is 48.6 Å². The second-order valence-corrected chi connectivity index (χ2v) is 6.23. The van der Waals surface area contributed by atoms with Crippen LogP contribution in [0.15, 0.2) is 30.3 Å². The Morgan fingerprint density at radius 3 is 2.74 bits per heavy atom. The van der Waals surface area contributed by atoms with Gasteiger partial charge in [-0.2, -0.15) is 0 Å². The highest BCUT2D eigenvalue weighted by Gasteiger charge is 2.28. The molecule has 0 bridgehead atoms. The fourth-order valence-electron chi connectivity index (χ4n) is 2.36. The molecule has 2 aromatic rings. The summed E-state index contributed by atoms with van der Waals surface area (Å²) in [7, 11) is 0. The standard InChI is InChI=1S/C14H18N4S/c1-10-8-18(9-12(10)15)14-17-16-13(19-14)7-11-5-3-2-4-6-11/h2-6,10,12H,7-9,15H2,1H3. The van der Waals surface area contributed by atoms with Crippen LogP contribution in [-0.4, -0.2) is 29.3 Å². The van der Waals surface area contributed by atoms with E-state index in [-0.39, 0.29) is 6.04 Å². The van der Waals surface area contributed by atoms with Crippen molar-refractivity contribution in [3.8, 4) is 0 Å². The molecule has 1 fully saturated rings. The number of anilines is 1. The molecule has 0 spiro atoms. The Morgan fingerprint density at radius 2 is 2.05 bits per heavy atom. The lowest BCUT2D eigenvalue weighted by Crippen LogP contribution is -2.28. The second kappa shape index (κ2) is 5.27. The summed E-state index contributed by atoms with van der Waals surface area (Å²) in [4.78, 5) is 2.25. The van der Waals surface area contributed by atoms with Crippen LogP contribution in [0.5, 0.6) is 0 Å². The van der Waals surface area contributed by atoms with E-state index in [4.69, 9.17) is 5.73 Å². The third-order valence-electron chi connectivity index (χ3n) is 3.60. The maximum atomic E-state index is 6.05. The van der Waals surface area contributed by atoms with E-state index >= 15 is 0 Å². The fourth-order valence-corrected chi connectivity index (χ4v) is 3.25. The van der Waals surface area contributed by atoms with Crippen LogP contribution >= 0.6 is 11.3 Å². The third-order valence-corrected chi connectivity index (χ3v) is 4.58. The van der Waals surface area contributed by atoms with Gasteiger partial charge < -0.3 is 10.6 Å². The van der Waals surface area contributed by atoms with E-state index in [1.54, 1.807) is 11.3 Å². The smallest absolute Gasteiger partial charge is 0.208 e. The molecule has 2 atom stereocenters. The number of hydrogen-bond donors (Lipinski definition) is 1. The fraction of sp³-hybridized carbons (Fsp3) is 0.429. The summed E-state index contributed by atoms with van der Waals surface area (Å²) in [5.41, 5.74) is 7.33. The zero-order chi connectivity index (χ0) is 13.2. The number of hydrogen-bond acceptors (Lipinski definition) is 5. The molecule has 4 nitrogen and oxygen atoms in total. The molecule has 5 heteroatoms. The Kier molecular flexibility index (Phi) is 3.48. The SMILES string of the molecule is CC1CN(c2nnc(Cc3ccccc3)s2)CC1N. The van der Waals surface area contributed by atoms with Crippen LogP contribution in [0.3, 0.4) is 0 Å². The molecule has 1 saturated heterocycles. The van der Waals surface area contributed by atoms with Crippen LogP contribution in [0.25, 0.3) is 0 Å². The summed E-state index contributed by atoms with van der Waals surface area (Å²) >= 11 is 1.68. The first kappa shape index (κ1) is 12.6. The molecule has 0 radical (unpaired) electrons. The Bertz CT molecular complexity index is 529. The summed E-state index contributed by atoms with van der Waals surface area (Å²) in [6, 6.07) is 10.6. The molecule has 1 aromatic heterocycles. The van der Waals surface area contributed by atoms with Crippen LogP contribution in [0.4, 0.5) is 5.13 Å². The molecular formula is C14H18N4S. The van der Waals surface area contributed by atoms with E-state index < -0.39 is 0 Å². The van der Waals surface area contributed by atoms with Gasteiger partial charge in [0.15, 0.2) is 0 Å². The Hall–Kier alpha value is -1.46. The molecule has 1 aliphatic heterocycles. The molecule has 19 heavy (non-hydrogen) atoms. The highest BCUT2D eigenvalue weighted by molar-refractivity contribution is 7.15. The zero-order valence-electron chi connectivity index (χ0n) is 11.0. The predicted octanol–water partition coefficient (Wildman–Crippen LogP) is 1.91. The van der Waals surface area contributed by atoms with Crippen molar-refractivity contribution in [3.63, 3.8) is 0 Å². The number of benzene rings is 1. The van der Waals surface area contributed by atoms with Crippen molar-refractivity contribution in [2.75, 3.05) is 18.0 Å². The number of rotatable bonds is 3. The van der Waals surface area contributed by atoms with Crippen molar-refractivity contribution >= 4 is 16.5 Å². The summed E-state index contributed by atoms with van der Waals surface area (Å²) in [6.45, 7) is 4.07. The van der Waals surface area contributed by atoms with Gasteiger partial charge >= 0.3 is 0 Å². The van der Waals surface area contributed by atoms with Crippen LogP contribution in [0.2, 0.25) is 0 Å². The maximum absolute atomic E-state index is 6.05. The van der Waals surface area contributed by atoms with E-state index in [1.165, 1.54) is 5.56 Å². The van der Waals surface area contributed by atoms with Gasteiger partial charge in [-0.3, -0.25) is 0 Å². The average Bonchev–Trinajstić information content (AvgIpc) is 2.99. The molecule has 3 rings (SSSR count). The minimum Gasteiger partial charge on any atom is -0.345 e. The molecular weight excluding hydrogens is 256 g/mol. The summed E-state index contributed by atoms with van der Waals surface area (Å²) in [6.07, 6.45) is 0.855. The van der Waals surface area contributed by atoms with Crippen LogP contribution < -0.4 is 10.6 Å². The van der Waals surface area contributed by atoms with Gasteiger partial charge in [-0.15, -0.1) is 10.2 Å². The molecule has 0 amide bonds. The lowest BCUT2D eigenvalue weighted by Gasteiger charge is -2.12. The topological polar surface area (TPSA) is 55.0 Å². The van der Waals surface area contributed by atoms with Gasteiger partial charge in [0.2, 0.25) is 5.13 Å². The quantitative estimate of drug-likeness (QED) is 0.929. The largest absolute Gasteiger partial charge is 0.345 e. The lowest BCUT2D eigenvalue weighted by molar-refractivity contribution is 0.566. The van der Waals surface area contributed by atoms with Gasteiger partial charge in [0.05, 0.1) is 0 Å². The molecule has 2 heterocycles. The highest BCUT2D eigenvalue weighted by atomic mass is 32.1. The molecule has 1 aliphatic rings. The van der Waals surface area contributed by atoms with Crippen molar-refractivity contribution < 1.29 is 0 Å². The van der Waals surface area contributed by atoms with Crippen molar-refractivity contribution in [3.05, 3.63) is 40.9 Å². The molecule has 0 saturated carbocycles. The van der Waals surface area contributed by atoms with Gasteiger partial charge in [-0.25, -0.2) is 0 Å². The minimum atomic E-state index is 0.251.